The van der Waals surface area contributed by atoms with Crippen molar-refractivity contribution in [2.45, 2.75) is 18.9 Å². The third-order valence-electron chi connectivity index (χ3n) is 5.56. The molecule has 4 atom stereocenters. The second kappa shape index (κ2) is 7.12. The van der Waals surface area contributed by atoms with Crippen molar-refractivity contribution in [3.05, 3.63) is 65.0 Å². The molecule has 6 nitrogen and oxygen atoms in total. The number of hydrogen-bond donors (Lipinski definition) is 2. The van der Waals surface area contributed by atoms with Crippen molar-refractivity contribution in [3.63, 3.8) is 0 Å². The lowest BCUT2D eigenvalue weighted by atomic mass is 9.96. The second-order valence-corrected chi connectivity index (χ2v) is 7.24. The van der Waals surface area contributed by atoms with Crippen LogP contribution in [0.25, 0.3) is 0 Å². The first-order valence-corrected chi connectivity index (χ1v) is 9.26. The monoisotopic (exact) mass is 365 g/mol. The van der Waals surface area contributed by atoms with E-state index in [0.29, 0.717) is 36.3 Å². The van der Waals surface area contributed by atoms with Gasteiger partial charge in [-0.05, 0) is 17.7 Å². The lowest BCUT2D eigenvalue weighted by molar-refractivity contribution is 0.0928. The molecule has 1 aromatic heterocycles. The molecule has 1 saturated heterocycles. The zero-order valence-electron chi connectivity index (χ0n) is 15.4. The van der Waals surface area contributed by atoms with E-state index in [1.807, 2.05) is 37.3 Å². The van der Waals surface area contributed by atoms with Crippen molar-refractivity contribution >= 4 is 11.8 Å². The summed E-state index contributed by atoms with van der Waals surface area (Å²) >= 11 is 0. The van der Waals surface area contributed by atoms with Crippen LogP contribution in [0, 0.1) is 11.8 Å². The first kappa shape index (κ1) is 17.7. The number of aromatic nitrogens is 1. The number of rotatable bonds is 5. The number of hydrogen-bond acceptors (Lipinski definition) is 4. The Hall–Kier alpha value is -2.73. The van der Waals surface area contributed by atoms with Crippen LogP contribution < -0.4 is 10.6 Å². The Labute approximate surface area is 158 Å². The zero-order valence-corrected chi connectivity index (χ0v) is 15.4. The molecule has 140 valence electrons. The summed E-state index contributed by atoms with van der Waals surface area (Å²) in [5.41, 5.74) is 2.50. The minimum absolute atomic E-state index is 0.0314. The smallest absolute Gasteiger partial charge is 0.269 e. The Kier molecular flexibility index (Phi) is 4.66. The summed E-state index contributed by atoms with van der Waals surface area (Å²) in [5.74, 6) is 0.358. The van der Waals surface area contributed by atoms with Crippen LogP contribution in [-0.2, 0) is 4.74 Å². The maximum atomic E-state index is 12.8. The Morgan fingerprint density at radius 1 is 1.11 bits per heavy atom. The highest BCUT2D eigenvalue weighted by Crippen LogP contribution is 2.44. The van der Waals surface area contributed by atoms with Gasteiger partial charge in [-0.1, -0.05) is 37.3 Å². The van der Waals surface area contributed by atoms with E-state index in [4.69, 9.17) is 4.74 Å². The van der Waals surface area contributed by atoms with E-state index in [2.05, 4.69) is 15.6 Å². The molecule has 2 aromatic rings. The van der Waals surface area contributed by atoms with Crippen LogP contribution in [0.1, 0.15) is 44.9 Å². The van der Waals surface area contributed by atoms with Gasteiger partial charge in [-0.25, -0.2) is 4.98 Å². The number of ether oxygens (including phenoxy) is 1. The normalized spacial score (nSPS) is 24.0. The minimum Gasteiger partial charge on any atom is -0.381 e. The van der Waals surface area contributed by atoms with Gasteiger partial charge in [-0.2, -0.15) is 0 Å². The van der Waals surface area contributed by atoms with Gasteiger partial charge >= 0.3 is 0 Å². The summed E-state index contributed by atoms with van der Waals surface area (Å²) in [6.45, 7) is 3.45. The third-order valence-corrected chi connectivity index (χ3v) is 5.56. The molecule has 27 heavy (non-hydrogen) atoms. The molecule has 1 aromatic carbocycles. The number of fused-ring (bicyclic) bond motifs is 1. The summed E-state index contributed by atoms with van der Waals surface area (Å²) < 4.78 is 5.37. The topological polar surface area (TPSA) is 80.3 Å². The summed E-state index contributed by atoms with van der Waals surface area (Å²) in [6.07, 6.45) is 0. The number of nitrogens with one attached hydrogen (secondary N) is 2. The van der Waals surface area contributed by atoms with Gasteiger partial charge in [0.25, 0.3) is 11.8 Å². The predicted molar refractivity (Wildman–Crippen MR) is 101 cm³/mol. The molecule has 2 amide bonds. The van der Waals surface area contributed by atoms with Crippen molar-refractivity contribution in [1.29, 1.82) is 0 Å². The fourth-order valence-electron chi connectivity index (χ4n) is 3.75. The van der Waals surface area contributed by atoms with Crippen LogP contribution in [0.5, 0.6) is 0 Å². The highest BCUT2D eigenvalue weighted by molar-refractivity contribution is 5.99. The van der Waals surface area contributed by atoms with Crippen molar-refractivity contribution < 1.29 is 14.3 Å². The lowest BCUT2D eigenvalue weighted by Gasteiger charge is -2.15. The summed E-state index contributed by atoms with van der Waals surface area (Å²) in [4.78, 5) is 29.5. The molecule has 2 N–H and O–H groups in total. The summed E-state index contributed by atoms with van der Waals surface area (Å²) in [6, 6.07) is 13.5. The highest BCUT2D eigenvalue weighted by Gasteiger charge is 2.54. The predicted octanol–water partition coefficient (Wildman–Crippen LogP) is 1.97. The van der Waals surface area contributed by atoms with Crippen LogP contribution in [0.15, 0.2) is 42.5 Å². The largest absolute Gasteiger partial charge is 0.381 e. The quantitative estimate of drug-likeness (QED) is 0.849. The molecule has 2 heterocycles. The number of carbonyl (C=O) groups excluding carboxylic acids is 2. The fourth-order valence-corrected chi connectivity index (χ4v) is 3.75. The molecule has 1 aliphatic carbocycles. The Morgan fingerprint density at radius 2 is 1.81 bits per heavy atom. The van der Waals surface area contributed by atoms with Gasteiger partial charge in [0.15, 0.2) is 0 Å². The summed E-state index contributed by atoms with van der Waals surface area (Å²) in [7, 11) is 1.56. The Morgan fingerprint density at radius 3 is 2.48 bits per heavy atom. The van der Waals surface area contributed by atoms with Gasteiger partial charge in [0.1, 0.15) is 5.69 Å². The molecule has 0 bridgehead atoms. The number of nitrogens with zero attached hydrogens (tertiary/aromatic N) is 1. The van der Waals surface area contributed by atoms with Gasteiger partial charge in [0.2, 0.25) is 0 Å². The van der Waals surface area contributed by atoms with E-state index >= 15 is 0 Å². The third kappa shape index (κ3) is 3.45. The number of carbonyl (C=O) groups is 2. The molecule has 4 rings (SSSR count). The molecular weight excluding hydrogens is 342 g/mol. The van der Waals surface area contributed by atoms with Gasteiger partial charge in [0, 0.05) is 42.1 Å². The van der Waals surface area contributed by atoms with Crippen LogP contribution in [-0.4, -0.2) is 43.1 Å². The van der Waals surface area contributed by atoms with E-state index in [9.17, 15) is 9.59 Å². The van der Waals surface area contributed by atoms with Crippen LogP contribution >= 0.6 is 0 Å². The Balaban J connectivity index is 1.62. The molecule has 1 aliphatic heterocycles. The van der Waals surface area contributed by atoms with E-state index in [-0.39, 0.29) is 29.5 Å². The van der Waals surface area contributed by atoms with Crippen LogP contribution in [0.3, 0.4) is 0 Å². The molecule has 1 unspecified atom stereocenters. The molecule has 2 fully saturated rings. The van der Waals surface area contributed by atoms with Crippen molar-refractivity contribution in [3.8, 4) is 0 Å². The van der Waals surface area contributed by atoms with Crippen molar-refractivity contribution in [2.75, 3.05) is 20.3 Å². The second-order valence-electron chi connectivity index (χ2n) is 7.24. The molecule has 2 aliphatic rings. The van der Waals surface area contributed by atoms with Crippen molar-refractivity contribution in [2.24, 2.45) is 11.8 Å². The average Bonchev–Trinajstić information content (AvgIpc) is 3.13. The minimum atomic E-state index is -0.303. The highest BCUT2D eigenvalue weighted by atomic mass is 16.5. The first-order chi connectivity index (χ1) is 13.1. The van der Waals surface area contributed by atoms with Gasteiger partial charge in [-0.15, -0.1) is 0 Å². The van der Waals surface area contributed by atoms with Gasteiger partial charge in [0.05, 0.1) is 13.2 Å². The Bertz CT molecular complexity index is 858. The summed E-state index contributed by atoms with van der Waals surface area (Å²) in [5, 5.41) is 5.67. The first-order valence-electron chi connectivity index (χ1n) is 9.26. The van der Waals surface area contributed by atoms with Gasteiger partial charge < -0.3 is 15.4 Å². The molecule has 6 heteroatoms. The molecule has 0 spiro atoms. The van der Waals surface area contributed by atoms with E-state index < -0.39 is 0 Å². The van der Waals surface area contributed by atoms with Gasteiger partial charge in [-0.3, -0.25) is 9.59 Å². The number of amides is 2. The zero-order chi connectivity index (χ0) is 19.0. The average molecular weight is 365 g/mol. The van der Waals surface area contributed by atoms with E-state index in [1.54, 1.807) is 19.2 Å². The van der Waals surface area contributed by atoms with Crippen LogP contribution in [0.4, 0.5) is 0 Å². The van der Waals surface area contributed by atoms with Crippen molar-refractivity contribution in [1.82, 2.24) is 15.6 Å². The molecule has 0 radical (unpaired) electrons. The van der Waals surface area contributed by atoms with Crippen LogP contribution in [0.2, 0.25) is 0 Å². The lowest BCUT2D eigenvalue weighted by Crippen LogP contribution is -2.30. The fraction of sp³-hybridized carbons (Fsp3) is 0.381. The maximum Gasteiger partial charge on any atom is 0.269 e. The van der Waals surface area contributed by atoms with E-state index in [1.165, 1.54) is 0 Å². The molecular formula is C21H23N3O3. The van der Waals surface area contributed by atoms with E-state index in [0.717, 1.165) is 5.56 Å². The number of pyridine rings is 1. The SMILES string of the molecule is CNC(=O)c1cc(C(=O)N[C@H]2[C@@H]3COC[C@@H]32)cc(C(C)c2ccccc2)n1. The standard InChI is InChI=1S/C21H23N3O3/c1-12(13-6-4-3-5-7-13)17-8-14(9-18(23-17)21(26)22-2)20(25)24-19-15-10-27-11-16(15)19/h3-9,12,15-16,19H,10-11H2,1-2H3,(H,22,26)(H,24,25)/t12?,15-,16+,19+. The number of benzene rings is 1. The molecule has 1 saturated carbocycles. The maximum absolute atomic E-state index is 12.8.